The summed E-state index contributed by atoms with van der Waals surface area (Å²) in [7, 11) is 0. The number of aryl methyl sites for hydroxylation is 2. The molecule has 2 N–H and O–H groups in total. The van der Waals surface area contributed by atoms with Crippen molar-refractivity contribution in [2.45, 2.75) is 32.7 Å². The molecular weight excluding hydrogens is 234 g/mol. The molecule has 0 saturated carbocycles. The van der Waals surface area contributed by atoms with E-state index in [0.29, 0.717) is 5.92 Å². The minimum absolute atomic E-state index is 0.0614. The summed E-state index contributed by atoms with van der Waals surface area (Å²) in [5.41, 5.74) is 9.85. The Bertz CT molecular complexity index is 399. The summed E-state index contributed by atoms with van der Waals surface area (Å²) in [5, 5.41) is 0.818. The Kier molecular flexibility index (Phi) is 4.08. The van der Waals surface area contributed by atoms with Gasteiger partial charge in [0.25, 0.3) is 0 Å². The number of hydrogen-bond acceptors (Lipinski definition) is 2. The second-order valence-electron chi connectivity index (χ2n) is 4.96. The lowest BCUT2D eigenvalue weighted by Crippen LogP contribution is -2.29. The van der Waals surface area contributed by atoms with Gasteiger partial charge in [0, 0.05) is 23.6 Å². The van der Waals surface area contributed by atoms with Crippen LogP contribution in [-0.4, -0.2) is 13.2 Å². The first kappa shape index (κ1) is 12.9. The average molecular weight is 254 g/mol. The van der Waals surface area contributed by atoms with E-state index in [-0.39, 0.29) is 6.04 Å². The Morgan fingerprint density at radius 2 is 2.12 bits per heavy atom. The van der Waals surface area contributed by atoms with E-state index >= 15 is 0 Å². The quantitative estimate of drug-likeness (QED) is 0.877. The van der Waals surface area contributed by atoms with Crippen molar-refractivity contribution in [2.75, 3.05) is 13.2 Å². The highest BCUT2D eigenvalue weighted by Crippen LogP contribution is 2.31. The molecular formula is C14H20ClNO. The normalized spacial score (nSPS) is 22.5. The zero-order valence-corrected chi connectivity index (χ0v) is 11.3. The molecule has 0 aromatic heterocycles. The molecule has 2 unspecified atom stereocenters. The fraction of sp³-hybridized carbons (Fsp3) is 0.571. The molecule has 2 atom stereocenters. The third-order valence-corrected chi connectivity index (χ3v) is 4.02. The van der Waals surface area contributed by atoms with E-state index in [1.165, 1.54) is 11.1 Å². The van der Waals surface area contributed by atoms with Crippen LogP contribution in [0.4, 0.5) is 0 Å². The zero-order chi connectivity index (χ0) is 12.4. The van der Waals surface area contributed by atoms with E-state index in [4.69, 9.17) is 22.1 Å². The lowest BCUT2D eigenvalue weighted by molar-refractivity contribution is 0.0447. The van der Waals surface area contributed by atoms with Crippen molar-refractivity contribution in [1.29, 1.82) is 0 Å². The van der Waals surface area contributed by atoms with Crippen LogP contribution in [0.1, 0.15) is 35.6 Å². The summed E-state index contributed by atoms with van der Waals surface area (Å²) in [6.07, 6.45) is 2.27. The second kappa shape index (κ2) is 5.38. The summed E-state index contributed by atoms with van der Waals surface area (Å²) in [5.74, 6) is 0.433. The van der Waals surface area contributed by atoms with Crippen LogP contribution in [0.2, 0.25) is 5.02 Å². The third kappa shape index (κ3) is 2.82. The van der Waals surface area contributed by atoms with Gasteiger partial charge in [0.05, 0.1) is 6.61 Å². The lowest BCUT2D eigenvalue weighted by atomic mass is 9.87. The molecule has 1 heterocycles. The van der Waals surface area contributed by atoms with Crippen LogP contribution in [0.3, 0.4) is 0 Å². The molecule has 0 amide bonds. The lowest BCUT2D eigenvalue weighted by Gasteiger charge is -2.29. The molecule has 1 saturated heterocycles. The van der Waals surface area contributed by atoms with Crippen molar-refractivity contribution in [3.05, 3.63) is 33.8 Å². The molecule has 17 heavy (non-hydrogen) atoms. The van der Waals surface area contributed by atoms with E-state index in [9.17, 15) is 0 Å². The van der Waals surface area contributed by atoms with Crippen LogP contribution in [0.5, 0.6) is 0 Å². The summed E-state index contributed by atoms with van der Waals surface area (Å²) in [6, 6.07) is 4.19. The van der Waals surface area contributed by atoms with Crippen LogP contribution < -0.4 is 5.73 Å². The fourth-order valence-electron chi connectivity index (χ4n) is 2.47. The van der Waals surface area contributed by atoms with Gasteiger partial charge >= 0.3 is 0 Å². The second-order valence-corrected chi connectivity index (χ2v) is 5.37. The summed E-state index contributed by atoms with van der Waals surface area (Å²) in [4.78, 5) is 0. The maximum Gasteiger partial charge on any atom is 0.0512 e. The number of hydrogen-bond donors (Lipinski definition) is 1. The van der Waals surface area contributed by atoms with E-state index < -0.39 is 0 Å². The number of nitrogens with two attached hydrogens (primary N) is 1. The Morgan fingerprint density at radius 3 is 2.76 bits per heavy atom. The van der Waals surface area contributed by atoms with E-state index in [1.807, 2.05) is 13.0 Å². The molecule has 1 aromatic carbocycles. The van der Waals surface area contributed by atoms with Crippen LogP contribution in [0.25, 0.3) is 0 Å². The van der Waals surface area contributed by atoms with Gasteiger partial charge in [-0.3, -0.25) is 0 Å². The molecule has 0 radical (unpaired) electrons. The first-order valence-corrected chi connectivity index (χ1v) is 6.57. The maximum absolute atomic E-state index is 6.37. The standard InChI is InChI=1S/C14H20ClNO/c1-9-7-13(15)10(2)6-12(9)14(16)11-4-3-5-17-8-11/h6-7,11,14H,3-5,8,16H2,1-2H3. The van der Waals surface area contributed by atoms with Crippen LogP contribution in [-0.2, 0) is 4.74 Å². The van der Waals surface area contributed by atoms with Gasteiger partial charge in [-0.2, -0.15) is 0 Å². The molecule has 1 fully saturated rings. The predicted molar refractivity (Wildman–Crippen MR) is 71.4 cm³/mol. The summed E-state index contributed by atoms with van der Waals surface area (Å²) >= 11 is 6.11. The molecule has 94 valence electrons. The van der Waals surface area contributed by atoms with E-state index in [0.717, 1.165) is 36.6 Å². The number of benzene rings is 1. The summed E-state index contributed by atoms with van der Waals surface area (Å²) < 4.78 is 5.51. The molecule has 2 nitrogen and oxygen atoms in total. The van der Waals surface area contributed by atoms with Crippen LogP contribution in [0.15, 0.2) is 12.1 Å². The molecule has 0 aliphatic carbocycles. The number of halogens is 1. The van der Waals surface area contributed by atoms with Gasteiger partial charge in [0.15, 0.2) is 0 Å². The van der Waals surface area contributed by atoms with Gasteiger partial charge in [-0.25, -0.2) is 0 Å². The molecule has 1 aliphatic rings. The van der Waals surface area contributed by atoms with Crippen molar-refractivity contribution < 1.29 is 4.74 Å². The highest BCUT2D eigenvalue weighted by atomic mass is 35.5. The highest BCUT2D eigenvalue weighted by molar-refractivity contribution is 6.31. The predicted octanol–water partition coefficient (Wildman–Crippen LogP) is 3.38. The molecule has 1 aromatic rings. The van der Waals surface area contributed by atoms with Gasteiger partial charge < -0.3 is 10.5 Å². The van der Waals surface area contributed by atoms with E-state index in [1.54, 1.807) is 0 Å². The monoisotopic (exact) mass is 253 g/mol. The Balaban J connectivity index is 2.23. The van der Waals surface area contributed by atoms with Crippen molar-refractivity contribution in [3.63, 3.8) is 0 Å². The topological polar surface area (TPSA) is 35.2 Å². The minimum atomic E-state index is 0.0614. The SMILES string of the molecule is Cc1cc(C(N)C2CCCOC2)c(C)cc1Cl. The molecule has 2 rings (SSSR count). The molecule has 3 heteroatoms. The smallest absolute Gasteiger partial charge is 0.0512 e. The van der Waals surface area contributed by atoms with Gasteiger partial charge in [0.2, 0.25) is 0 Å². The minimum Gasteiger partial charge on any atom is -0.381 e. The number of ether oxygens (including phenoxy) is 1. The Hall–Kier alpha value is -0.570. The third-order valence-electron chi connectivity index (χ3n) is 3.61. The molecule has 1 aliphatic heterocycles. The molecule has 0 bridgehead atoms. The van der Waals surface area contributed by atoms with Crippen molar-refractivity contribution >= 4 is 11.6 Å². The largest absolute Gasteiger partial charge is 0.381 e. The Morgan fingerprint density at radius 1 is 1.35 bits per heavy atom. The number of rotatable bonds is 2. The van der Waals surface area contributed by atoms with Crippen molar-refractivity contribution in [3.8, 4) is 0 Å². The van der Waals surface area contributed by atoms with Gasteiger partial charge in [-0.05, 0) is 49.4 Å². The maximum atomic E-state index is 6.37. The van der Waals surface area contributed by atoms with Gasteiger partial charge in [0.1, 0.15) is 0 Å². The fourth-order valence-corrected chi connectivity index (χ4v) is 2.68. The first-order chi connectivity index (χ1) is 8.09. The summed E-state index contributed by atoms with van der Waals surface area (Å²) in [6.45, 7) is 5.75. The van der Waals surface area contributed by atoms with Crippen molar-refractivity contribution in [1.82, 2.24) is 0 Å². The first-order valence-electron chi connectivity index (χ1n) is 6.19. The van der Waals surface area contributed by atoms with Gasteiger partial charge in [-0.15, -0.1) is 0 Å². The highest BCUT2D eigenvalue weighted by Gasteiger charge is 2.23. The molecule has 0 spiro atoms. The van der Waals surface area contributed by atoms with E-state index in [2.05, 4.69) is 13.0 Å². The average Bonchev–Trinajstić information content (AvgIpc) is 2.34. The zero-order valence-electron chi connectivity index (χ0n) is 10.5. The van der Waals surface area contributed by atoms with Crippen LogP contribution >= 0.6 is 11.6 Å². The van der Waals surface area contributed by atoms with Crippen LogP contribution in [0, 0.1) is 19.8 Å². The van der Waals surface area contributed by atoms with Gasteiger partial charge in [-0.1, -0.05) is 17.7 Å². The Labute approximate surface area is 108 Å². The van der Waals surface area contributed by atoms with Crippen molar-refractivity contribution in [2.24, 2.45) is 11.7 Å².